The van der Waals surface area contributed by atoms with Crippen molar-refractivity contribution in [1.82, 2.24) is 5.32 Å². The van der Waals surface area contributed by atoms with Gasteiger partial charge in [0.2, 0.25) is 5.91 Å². The Labute approximate surface area is 497 Å². The third kappa shape index (κ3) is 60.1. The van der Waals surface area contributed by atoms with E-state index in [4.69, 9.17) is 13.8 Å². The number of rotatable bonds is 55. The largest absolute Gasteiger partial charge is 0.472 e. The van der Waals surface area contributed by atoms with Crippen molar-refractivity contribution in [2.75, 3.05) is 40.9 Å². The van der Waals surface area contributed by atoms with E-state index >= 15 is 0 Å². The van der Waals surface area contributed by atoms with Gasteiger partial charge in [0.25, 0.3) is 0 Å². The lowest BCUT2D eigenvalue weighted by Crippen LogP contribution is -2.47. The number of carbonyl (C=O) groups excluding carboxylic acids is 2. The highest BCUT2D eigenvalue weighted by molar-refractivity contribution is 7.47. The number of phosphoric ester groups is 1. The first-order chi connectivity index (χ1) is 39.4. The number of esters is 1. The number of likely N-dealkylation sites (N-methyl/N-ethyl adjacent to an activating group) is 1. The Bertz CT molecular complexity index is 1940. The topological polar surface area (TPSA) is 111 Å². The number of unbranched alkanes of at least 4 members (excludes halogenated alkanes) is 15. The number of carbonyl (C=O) groups is 2. The molecule has 3 unspecified atom stereocenters. The normalized spacial score (nSPS) is 14.7. The highest BCUT2D eigenvalue weighted by Crippen LogP contribution is 2.43. The second-order valence-electron chi connectivity index (χ2n) is 21.8. The summed E-state index contributed by atoms with van der Waals surface area (Å²) < 4.78 is 30.6. The second-order valence-corrected chi connectivity index (χ2v) is 23.3. The van der Waals surface area contributed by atoms with Crippen LogP contribution in [0, 0.1) is 0 Å². The number of hydrogen-bond donors (Lipinski definition) is 2. The van der Waals surface area contributed by atoms with Crippen molar-refractivity contribution in [3.8, 4) is 0 Å². The van der Waals surface area contributed by atoms with E-state index in [1.165, 1.54) is 44.9 Å². The molecule has 1 amide bonds. The summed E-state index contributed by atoms with van der Waals surface area (Å²) >= 11 is 0. The Hall–Kier alpha value is -4.37. The van der Waals surface area contributed by atoms with Gasteiger partial charge in [-0.25, -0.2) is 4.57 Å². The van der Waals surface area contributed by atoms with E-state index in [0.29, 0.717) is 23.9 Å². The van der Waals surface area contributed by atoms with Gasteiger partial charge in [0.1, 0.15) is 19.3 Å². The molecule has 0 spiro atoms. The molecule has 9 nitrogen and oxygen atoms in total. The zero-order valence-electron chi connectivity index (χ0n) is 52.2. The van der Waals surface area contributed by atoms with Crippen LogP contribution in [0.1, 0.15) is 226 Å². The molecule has 0 aromatic rings. The van der Waals surface area contributed by atoms with Crippen LogP contribution in [0.15, 0.2) is 158 Å². The van der Waals surface area contributed by atoms with Crippen LogP contribution in [0.5, 0.6) is 0 Å². The number of quaternary nitrogens is 1. The Morgan fingerprint density at radius 1 is 0.444 bits per heavy atom. The van der Waals surface area contributed by atoms with Gasteiger partial charge >= 0.3 is 13.8 Å². The average Bonchev–Trinajstić information content (AvgIpc) is 3.43. The van der Waals surface area contributed by atoms with Crippen LogP contribution in [0.2, 0.25) is 0 Å². The van der Waals surface area contributed by atoms with Crippen LogP contribution in [0.3, 0.4) is 0 Å². The lowest BCUT2D eigenvalue weighted by molar-refractivity contribution is -0.870. The van der Waals surface area contributed by atoms with Gasteiger partial charge in [0.05, 0.1) is 33.8 Å². The van der Waals surface area contributed by atoms with Gasteiger partial charge in [0, 0.05) is 12.8 Å². The van der Waals surface area contributed by atoms with Crippen molar-refractivity contribution in [2.45, 2.75) is 238 Å². The summed E-state index contributed by atoms with van der Waals surface area (Å²) in [5, 5.41) is 3.00. The Kier molecular flexibility index (Phi) is 55.6. The highest BCUT2D eigenvalue weighted by atomic mass is 31.2. The summed E-state index contributed by atoms with van der Waals surface area (Å²) in [7, 11) is 1.41. The Morgan fingerprint density at radius 2 is 0.802 bits per heavy atom. The van der Waals surface area contributed by atoms with E-state index < -0.39 is 20.0 Å². The van der Waals surface area contributed by atoms with E-state index in [0.717, 1.165) is 135 Å². The monoisotopic (exact) mass is 1140 g/mol. The minimum Gasteiger partial charge on any atom is -0.456 e. The van der Waals surface area contributed by atoms with Crippen LogP contribution in [0.4, 0.5) is 0 Å². The highest BCUT2D eigenvalue weighted by Gasteiger charge is 2.30. The fraction of sp³-hybridized carbons (Fsp3) is 0.606. The first kappa shape index (κ1) is 76.6. The number of phosphoric acid groups is 1. The Balaban J connectivity index is 5.31. The standard InChI is InChI=1S/C71H117N2O7P/c1-7-10-13-16-19-22-25-27-29-31-33-34-35-36-37-38-40-42-44-46-49-52-55-58-61-64-71(75)80-69(62-59-56-53-50-47-24-21-18-15-12-9-3)68(67-79-81(76,77)78-66-65-73(4,5)6)72-70(74)63-60-57-54-51-48-45-43-41-39-32-30-28-26-23-20-17-14-11-8-2/h10-11,13-14,19-20,22-23,27-30,33-34,36-37,39-42,45,48,54,57,59,62,68-69H,7-9,12,15-18,21,24-26,31-32,35,38,43-44,46-47,49-53,55-56,58,60-61,63-67H2,1-6H3,(H-,72,74,76,77)/p+1/b13-10-,14-11-,22-19-,23-20-,29-27-,30-28-,34-33-,37-36-,41-39-,42-40-,48-45-,57-54-,62-59-. The SMILES string of the molecule is CC/C=C\C/C=C\C/C=C\C/C=C\C/C=C\C/C=C\CCCCCCCCC(=O)OC(/C=C\CCCCCCCCCCC)C(COP(=O)(O)OCC[N+](C)(C)C)NC(=O)CC/C=C\C/C=C\C/C=C\C/C=C\C/C=C\C/C=C\CC. The lowest BCUT2D eigenvalue weighted by atomic mass is 10.1. The molecule has 3 atom stereocenters. The van der Waals surface area contributed by atoms with E-state index in [2.05, 4.69) is 160 Å². The molecular weight excluding hydrogens is 1020 g/mol. The second kappa shape index (κ2) is 58.8. The molecule has 0 bridgehead atoms. The fourth-order valence-electron chi connectivity index (χ4n) is 8.14. The molecule has 81 heavy (non-hydrogen) atoms. The average molecular weight is 1140 g/mol. The van der Waals surface area contributed by atoms with Crippen LogP contribution in [0.25, 0.3) is 0 Å². The summed E-state index contributed by atoms with van der Waals surface area (Å²) in [5.41, 5.74) is 0. The van der Waals surface area contributed by atoms with Gasteiger partial charge in [-0.05, 0) is 122 Å². The molecule has 0 aromatic carbocycles. The fourth-order valence-corrected chi connectivity index (χ4v) is 8.88. The number of allylic oxidation sites excluding steroid dienone is 25. The molecule has 2 N–H and O–H groups in total. The maximum Gasteiger partial charge on any atom is 0.472 e. The minimum atomic E-state index is -4.48. The molecule has 0 rings (SSSR count). The number of ether oxygens (including phenoxy) is 1. The Morgan fingerprint density at radius 3 is 1.21 bits per heavy atom. The summed E-state index contributed by atoms with van der Waals surface area (Å²) in [6, 6.07) is -0.908. The van der Waals surface area contributed by atoms with Crippen molar-refractivity contribution in [2.24, 2.45) is 0 Å². The van der Waals surface area contributed by atoms with E-state index in [1.54, 1.807) is 0 Å². The number of nitrogens with one attached hydrogen (secondary N) is 1. The zero-order valence-corrected chi connectivity index (χ0v) is 53.1. The van der Waals surface area contributed by atoms with Crippen LogP contribution < -0.4 is 5.32 Å². The maximum absolute atomic E-state index is 13.5. The van der Waals surface area contributed by atoms with Crippen LogP contribution in [-0.2, 0) is 27.9 Å². The molecular formula is C71H118N2O7P+. The van der Waals surface area contributed by atoms with Crippen molar-refractivity contribution in [3.05, 3.63) is 158 Å². The van der Waals surface area contributed by atoms with Crippen molar-refractivity contribution < 1.29 is 37.3 Å². The molecule has 0 aliphatic heterocycles. The first-order valence-electron chi connectivity index (χ1n) is 31.8. The number of amides is 1. The van der Waals surface area contributed by atoms with Gasteiger partial charge in [-0.3, -0.25) is 18.6 Å². The molecule has 10 heteroatoms. The van der Waals surface area contributed by atoms with Gasteiger partial charge < -0.3 is 19.4 Å². The zero-order chi connectivity index (χ0) is 59.3. The van der Waals surface area contributed by atoms with Crippen molar-refractivity contribution in [1.29, 1.82) is 0 Å². The van der Waals surface area contributed by atoms with E-state index in [9.17, 15) is 19.0 Å². The number of hydrogen-bond acceptors (Lipinski definition) is 6. The van der Waals surface area contributed by atoms with Gasteiger partial charge in [-0.15, -0.1) is 0 Å². The summed E-state index contributed by atoms with van der Waals surface area (Å²) in [5.74, 6) is -0.634. The predicted octanol–water partition coefficient (Wildman–Crippen LogP) is 20.0. The maximum atomic E-state index is 13.5. The smallest absolute Gasteiger partial charge is 0.456 e. The molecule has 0 heterocycles. The quantitative estimate of drug-likeness (QED) is 0.0205. The molecule has 0 saturated carbocycles. The molecule has 0 aliphatic carbocycles. The molecule has 0 aromatic heterocycles. The summed E-state index contributed by atoms with van der Waals surface area (Å²) in [4.78, 5) is 37.7. The van der Waals surface area contributed by atoms with Crippen molar-refractivity contribution in [3.63, 3.8) is 0 Å². The predicted molar refractivity (Wildman–Crippen MR) is 350 cm³/mol. The third-order valence-corrected chi connectivity index (χ3v) is 14.0. The summed E-state index contributed by atoms with van der Waals surface area (Å²) in [6.07, 6.45) is 86.9. The van der Waals surface area contributed by atoms with Crippen molar-refractivity contribution >= 4 is 19.7 Å². The third-order valence-electron chi connectivity index (χ3n) is 13.0. The van der Waals surface area contributed by atoms with Crippen LogP contribution in [-0.4, -0.2) is 74.3 Å². The van der Waals surface area contributed by atoms with E-state index in [1.807, 2.05) is 45.4 Å². The van der Waals surface area contributed by atoms with E-state index in [-0.39, 0.29) is 37.9 Å². The molecule has 0 fully saturated rings. The minimum absolute atomic E-state index is 0.0147. The summed E-state index contributed by atoms with van der Waals surface area (Å²) in [6.45, 7) is 6.68. The van der Waals surface area contributed by atoms with Gasteiger partial charge in [0.15, 0.2) is 0 Å². The lowest BCUT2D eigenvalue weighted by Gasteiger charge is -2.27. The number of nitrogens with zero attached hydrogens (tertiary/aromatic N) is 1. The van der Waals surface area contributed by atoms with Gasteiger partial charge in [-0.2, -0.15) is 0 Å². The first-order valence-corrected chi connectivity index (χ1v) is 33.3. The molecule has 0 saturated heterocycles. The molecule has 0 aliphatic rings. The van der Waals surface area contributed by atoms with Crippen LogP contribution >= 0.6 is 7.82 Å². The molecule has 0 radical (unpaired) electrons. The van der Waals surface area contributed by atoms with Gasteiger partial charge in [-0.1, -0.05) is 250 Å². The molecule has 458 valence electrons.